The first-order chi connectivity index (χ1) is 7.31. The van der Waals surface area contributed by atoms with Gasteiger partial charge in [-0.05, 0) is 26.0 Å². The van der Waals surface area contributed by atoms with Crippen LogP contribution in [0.1, 0.15) is 12.6 Å². The van der Waals surface area contributed by atoms with Gasteiger partial charge in [-0.15, -0.1) is 5.10 Å². The quantitative estimate of drug-likeness (QED) is 0.765. The molecule has 0 saturated heterocycles. The van der Waals surface area contributed by atoms with E-state index in [1.807, 2.05) is 44.3 Å². The van der Waals surface area contributed by atoms with Gasteiger partial charge < -0.3 is 4.74 Å². The summed E-state index contributed by atoms with van der Waals surface area (Å²) in [5.74, 6) is 0.824. The fourth-order valence-corrected chi connectivity index (χ4v) is 1.39. The van der Waals surface area contributed by atoms with Crippen molar-refractivity contribution in [2.45, 2.75) is 13.8 Å². The van der Waals surface area contributed by atoms with Crippen molar-refractivity contribution in [1.82, 2.24) is 15.0 Å². The van der Waals surface area contributed by atoms with Gasteiger partial charge in [0.15, 0.2) is 0 Å². The number of ether oxygens (including phenoxy) is 1. The van der Waals surface area contributed by atoms with Gasteiger partial charge in [0.05, 0.1) is 18.5 Å². The van der Waals surface area contributed by atoms with E-state index in [-0.39, 0.29) is 0 Å². The molecular formula is C11H13N3O. The minimum absolute atomic E-state index is 0.644. The zero-order valence-corrected chi connectivity index (χ0v) is 8.84. The molecule has 4 heteroatoms. The molecule has 0 saturated carbocycles. The summed E-state index contributed by atoms with van der Waals surface area (Å²) in [6.07, 6.45) is 1.87. The molecule has 1 aromatic carbocycles. The molecule has 0 aliphatic carbocycles. The van der Waals surface area contributed by atoms with Gasteiger partial charge in [0.2, 0.25) is 0 Å². The minimum Gasteiger partial charge on any atom is -0.492 e. The van der Waals surface area contributed by atoms with Crippen LogP contribution in [0.4, 0.5) is 0 Å². The summed E-state index contributed by atoms with van der Waals surface area (Å²) in [5, 5.41) is 7.97. The van der Waals surface area contributed by atoms with Crippen molar-refractivity contribution in [3.8, 4) is 11.4 Å². The highest BCUT2D eigenvalue weighted by molar-refractivity contribution is 5.45. The van der Waals surface area contributed by atoms with Gasteiger partial charge in [-0.3, -0.25) is 0 Å². The van der Waals surface area contributed by atoms with Crippen molar-refractivity contribution < 1.29 is 4.74 Å². The van der Waals surface area contributed by atoms with Crippen LogP contribution in [0.25, 0.3) is 5.69 Å². The third kappa shape index (κ3) is 1.98. The summed E-state index contributed by atoms with van der Waals surface area (Å²) in [4.78, 5) is 0. The van der Waals surface area contributed by atoms with E-state index >= 15 is 0 Å². The van der Waals surface area contributed by atoms with Crippen molar-refractivity contribution in [2.24, 2.45) is 0 Å². The van der Waals surface area contributed by atoms with Crippen LogP contribution < -0.4 is 4.74 Å². The first kappa shape index (κ1) is 9.71. The number of nitrogens with zero attached hydrogens (tertiary/aromatic N) is 3. The van der Waals surface area contributed by atoms with E-state index in [1.165, 1.54) is 0 Å². The van der Waals surface area contributed by atoms with Gasteiger partial charge >= 0.3 is 0 Å². The smallest absolute Gasteiger partial charge is 0.144 e. The Labute approximate surface area is 88.5 Å². The lowest BCUT2D eigenvalue weighted by molar-refractivity contribution is 0.338. The van der Waals surface area contributed by atoms with Crippen LogP contribution in [0.5, 0.6) is 5.75 Å². The topological polar surface area (TPSA) is 39.9 Å². The lowest BCUT2D eigenvalue weighted by Gasteiger charge is -2.08. The third-order valence-electron chi connectivity index (χ3n) is 2.02. The van der Waals surface area contributed by atoms with Crippen LogP contribution in [0.2, 0.25) is 0 Å². The largest absolute Gasteiger partial charge is 0.492 e. The Bertz CT molecular complexity index is 451. The average Bonchev–Trinajstić information content (AvgIpc) is 2.66. The van der Waals surface area contributed by atoms with Crippen molar-refractivity contribution in [2.75, 3.05) is 6.61 Å². The van der Waals surface area contributed by atoms with Gasteiger partial charge in [0.25, 0.3) is 0 Å². The third-order valence-corrected chi connectivity index (χ3v) is 2.02. The Kier molecular flexibility index (Phi) is 2.67. The highest BCUT2D eigenvalue weighted by atomic mass is 16.5. The number of para-hydroxylation sites is 2. The Morgan fingerprint density at radius 1 is 1.33 bits per heavy atom. The number of hydrogen-bond acceptors (Lipinski definition) is 3. The molecule has 0 unspecified atom stereocenters. The Morgan fingerprint density at radius 3 is 2.80 bits per heavy atom. The zero-order chi connectivity index (χ0) is 10.7. The van der Waals surface area contributed by atoms with E-state index in [9.17, 15) is 0 Å². The second-order valence-electron chi connectivity index (χ2n) is 3.21. The molecule has 0 spiro atoms. The predicted molar refractivity (Wildman–Crippen MR) is 57.3 cm³/mol. The lowest BCUT2D eigenvalue weighted by atomic mass is 10.3. The lowest BCUT2D eigenvalue weighted by Crippen LogP contribution is -2.00. The van der Waals surface area contributed by atoms with Crippen LogP contribution in [-0.4, -0.2) is 21.6 Å². The van der Waals surface area contributed by atoms with E-state index in [1.54, 1.807) is 4.68 Å². The minimum atomic E-state index is 0.644. The van der Waals surface area contributed by atoms with Gasteiger partial charge in [-0.25, -0.2) is 4.68 Å². The van der Waals surface area contributed by atoms with Crippen molar-refractivity contribution in [3.05, 3.63) is 36.2 Å². The zero-order valence-electron chi connectivity index (χ0n) is 8.84. The molecule has 0 bridgehead atoms. The number of benzene rings is 1. The van der Waals surface area contributed by atoms with Crippen LogP contribution in [0, 0.1) is 6.92 Å². The van der Waals surface area contributed by atoms with Crippen molar-refractivity contribution >= 4 is 0 Å². The molecule has 0 aliphatic rings. The van der Waals surface area contributed by atoms with E-state index < -0.39 is 0 Å². The summed E-state index contributed by atoms with van der Waals surface area (Å²) in [7, 11) is 0. The first-order valence-corrected chi connectivity index (χ1v) is 4.92. The molecular weight excluding hydrogens is 190 g/mol. The maximum absolute atomic E-state index is 5.51. The second kappa shape index (κ2) is 4.13. The van der Waals surface area contributed by atoms with E-state index in [0.29, 0.717) is 6.61 Å². The summed E-state index contributed by atoms with van der Waals surface area (Å²) >= 11 is 0. The molecule has 2 aromatic rings. The number of aromatic nitrogens is 3. The molecule has 0 amide bonds. The van der Waals surface area contributed by atoms with Crippen molar-refractivity contribution in [1.29, 1.82) is 0 Å². The molecule has 0 fully saturated rings. The van der Waals surface area contributed by atoms with E-state index in [2.05, 4.69) is 10.3 Å². The van der Waals surface area contributed by atoms with Crippen LogP contribution in [0.3, 0.4) is 0 Å². The fourth-order valence-electron chi connectivity index (χ4n) is 1.39. The van der Waals surface area contributed by atoms with Crippen LogP contribution in [-0.2, 0) is 0 Å². The second-order valence-corrected chi connectivity index (χ2v) is 3.21. The standard InChI is InChI=1S/C11H13N3O/c1-3-15-11-7-5-4-6-10(11)14-8-9(2)12-13-14/h4-8H,3H2,1-2H3. The highest BCUT2D eigenvalue weighted by Crippen LogP contribution is 2.21. The van der Waals surface area contributed by atoms with Gasteiger partial charge in [0, 0.05) is 0 Å². The molecule has 0 radical (unpaired) electrons. The molecule has 4 nitrogen and oxygen atoms in total. The maximum atomic E-state index is 5.51. The molecule has 1 heterocycles. The van der Waals surface area contributed by atoms with Crippen LogP contribution in [0.15, 0.2) is 30.5 Å². The maximum Gasteiger partial charge on any atom is 0.144 e. The number of aryl methyl sites for hydroxylation is 1. The molecule has 0 aliphatic heterocycles. The monoisotopic (exact) mass is 203 g/mol. The highest BCUT2D eigenvalue weighted by Gasteiger charge is 2.05. The van der Waals surface area contributed by atoms with Gasteiger partial charge in [-0.1, -0.05) is 17.3 Å². The Morgan fingerprint density at radius 2 is 2.13 bits per heavy atom. The summed E-state index contributed by atoms with van der Waals surface area (Å²) in [5.41, 5.74) is 1.81. The molecule has 2 rings (SSSR count). The normalized spacial score (nSPS) is 10.3. The van der Waals surface area contributed by atoms with E-state index in [4.69, 9.17) is 4.74 Å². The van der Waals surface area contributed by atoms with Crippen LogP contribution >= 0.6 is 0 Å². The Balaban J connectivity index is 2.42. The molecule has 0 N–H and O–H groups in total. The van der Waals surface area contributed by atoms with Gasteiger partial charge in [0.1, 0.15) is 11.4 Å². The van der Waals surface area contributed by atoms with E-state index in [0.717, 1.165) is 17.1 Å². The predicted octanol–water partition coefficient (Wildman–Crippen LogP) is 1.97. The molecule has 78 valence electrons. The SMILES string of the molecule is CCOc1ccccc1-n1cc(C)nn1. The summed E-state index contributed by atoms with van der Waals surface area (Å²) in [6, 6.07) is 7.78. The molecule has 0 atom stereocenters. The van der Waals surface area contributed by atoms with Gasteiger partial charge in [-0.2, -0.15) is 0 Å². The number of rotatable bonds is 3. The summed E-state index contributed by atoms with van der Waals surface area (Å²) in [6.45, 7) is 4.51. The first-order valence-electron chi connectivity index (χ1n) is 4.92. The summed E-state index contributed by atoms with van der Waals surface area (Å²) < 4.78 is 7.23. The molecule has 1 aromatic heterocycles. The average molecular weight is 203 g/mol. The fraction of sp³-hybridized carbons (Fsp3) is 0.273. The van der Waals surface area contributed by atoms with Crippen molar-refractivity contribution in [3.63, 3.8) is 0 Å². The molecule has 15 heavy (non-hydrogen) atoms. The number of hydrogen-bond donors (Lipinski definition) is 0. The Hall–Kier alpha value is -1.84.